The van der Waals surface area contributed by atoms with Crippen LogP contribution in [0.25, 0.3) is 5.69 Å². The molecule has 24 heavy (non-hydrogen) atoms. The molecule has 1 aliphatic carbocycles. The second-order valence-corrected chi connectivity index (χ2v) is 6.25. The van der Waals surface area contributed by atoms with Crippen molar-refractivity contribution < 1.29 is 9.90 Å². The number of rotatable bonds is 4. The number of aryl methyl sites for hydroxylation is 1. The molecule has 3 atom stereocenters. The Morgan fingerprint density at radius 1 is 1.46 bits per heavy atom. The molecule has 0 unspecified atom stereocenters. The molecular weight excluding hydrogens is 306 g/mol. The maximum absolute atomic E-state index is 11.7. The smallest absolute Gasteiger partial charge is 0.220 e. The molecule has 1 fully saturated rings. The van der Waals surface area contributed by atoms with Gasteiger partial charge in [-0.25, -0.2) is 9.67 Å². The summed E-state index contributed by atoms with van der Waals surface area (Å²) in [6, 6.07) is 3.57. The van der Waals surface area contributed by atoms with Crippen molar-refractivity contribution in [1.29, 1.82) is 0 Å². The molecule has 1 saturated carbocycles. The van der Waals surface area contributed by atoms with Crippen LogP contribution >= 0.6 is 0 Å². The Morgan fingerprint density at radius 2 is 2.29 bits per heavy atom. The summed E-state index contributed by atoms with van der Waals surface area (Å²) in [5.74, 6) is 1.67. The highest BCUT2D eigenvalue weighted by atomic mass is 16.3. The third kappa shape index (κ3) is 3.46. The minimum atomic E-state index is -0.507. The highest BCUT2D eigenvalue weighted by Gasteiger charge is 2.33. The van der Waals surface area contributed by atoms with Gasteiger partial charge in [0.25, 0.3) is 0 Å². The van der Waals surface area contributed by atoms with E-state index in [0.717, 1.165) is 17.9 Å². The van der Waals surface area contributed by atoms with Gasteiger partial charge >= 0.3 is 0 Å². The summed E-state index contributed by atoms with van der Waals surface area (Å²) < 4.78 is 1.82. The molecule has 1 aliphatic rings. The van der Waals surface area contributed by atoms with Crippen LogP contribution in [0, 0.1) is 6.92 Å². The predicted octanol–water partition coefficient (Wildman–Crippen LogP) is 1.49. The molecule has 2 N–H and O–H groups in total. The zero-order valence-electron chi connectivity index (χ0n) is 14.0. The Hall–Kier alpha value is -2.28. The van der Waals surface area contributed by atoms with Crippen molar-refractivity contribution in [3.63, 3.8) is 0 Å². The molecule has 7 nitrogen and oxygen atoms in total. The quantitative estimate of drug-likeness (QED) is 0.886. The van der Waals surface area contributed by atoms with E-state index < -0.39 is 6.10 Å². The van der Waals surface area contributed by atoms with Crippen LogP contribution in [0.15, 0.2) is 24.5 Å². The van der Waals surface area contributed by atoms with Gasteiger partial charge in [0.05, 0.1) is 24.0 Å². The maximum atomic E-state index is 11.7. The van der Waals surface area contributed by atoms with Crippen molar-refractivity contribution in [1.82, 2.24) is 25.1 Å². The highest BCUT2D eigenvalue weighted by molar-refractivity contribution is 5.75. The Labute approximate surface area is 141 Å². The van der Waals surface area contributed by atoms with Gasteiger partial charge < -0.3 is 10.4 Å². The summed E-state index contributed by atoms with van der Waals surface area (Å²) in [4.78, 5) is 20.4. The second kappa shape index (κ2) is 7.09. The molecule has 2 aromatic rings. The van der Waals surface area contributed by atoms with Crippen LogP contribution < -0.4 is 5.32 Å². The van der Waals surface area contributed by atoms with Crippen LogP contribution in [0.1, 0.15) is 50.2 Å². The summed E-state index contributed by atoms with van der Waals surface area (Å²) in [6.07, 6.45) is 5.50. The molecule has 0 radical (unpaired) electrons. The molecular formula is C17H23N5O2. The molecule has 0 aromatic carbocycles. The predicted molar refractivity (Wildman–Crippen MR) is 88.7 cm³/mol. The number of aliphatic hydroxyl groups is 1. The van der Waals surface area contributed by atoms with Gasteiger partial charge in [0.1, 0.15) is 11.6 Å². The summed E-state index contributed by atoms with van der Waals surface area (Å²) in [7, 11) is 0. The van der Waals surface area contributed by atoms with E-state index in [0.29, 0.717) is 25.1 Å². The Morgan fingerprint density at radius 3 is 3.00 bits per heavy atom. The van der Waals surface area contributed by atoms with E-state index in [1.807, 2.05) is 30.7 Å². The molecule has 0 saturated heterocycles. The number of nitrogens with zero attached hydrogens (tertiary/aromatic N) is 4. The molecule has 0 aliphatic heterocycles. The van der Waals surface area contributed by atoms with Crippen molar-refractivity contribution in [2.24, 2.45) is 0 Å². The van der Waals surface area contributed by atoms with Gasteiger partial charge in [0.15, 0.2) is 0 Å². The van der Waals surface area contributed by atoms with Crippen LogP contribution in [0.4, 0.5) is 0 Å². The fourth-order valence-electron chi connectivity index (χ4n) is 3.22. The average molecular weight is 329 g/mol. The van der Waals surface area contributed by atoms with Crippen LogP contribution in [-0.2, 0) is 4.79 Å². The van der Waals surface area contributed by atoms with E-state index in [9.17, 15) is 9.90 Å². The standard InChI is InChI=1S/C17H23N5O2/c1-3-16(24)20-14-9-12(6-7-15(14)23)17-19-11(2)21-22(17)13-5-4-8-18-10-13/h4-5,8,10,12,14-15,23H,3,6-7,9H2,1-2H3,(H,20,24)/t12-,14+,15+/m0/s1. The minimum Gasteiger partial charge on any atom is -0.391 e. The van der Waals surface area contributed by atoms with Crippen molar-refractivity contribution in [3.8, 4) is 5.69 Å². The normalized spacial score (nSPS) is 23.9. The first-order chi connectivity index (χ1) is 11.6. The first-order valence-electron chi connectivity index (χ1n) is 8.40. The van der Waals surface area contributed by atoms with Gasteiger partial charge in [-0.05, 0) is 38.3 Å². The zero-order valence-corrected chi connectivity index (χ0v) is 14.0. The van der Waals surface area contributed by atoms with E-state index in [1.165, 1.54) is 0 Å². The lowest BCUT2D eigenvalue weighted by atomic mass is 9.83. The number of pyridine rings is 1. The third-order valence-corrected chi connectivity index (χ3v) is 4.48. The number of nitrogens with one attached hydrogen (secondary N) is 1. The van der Waals surface area contributed by atoms with E-state index >= 15 is 0 Å². The number of amides is 1. The van der Waals surface area contributed by atoms with Crippen molar-refractivity contribution in [2.75, 3.05) is 0 Å². The summed E-state index contributed by atoms with van der Waals surface area (Å²) >= 11 is 0. The lowest BCUT2D eigenvalue weighted by Gasteiger charge is -2.33. The molecule has 1 amide bonds. The molecule has 0 spiro atoms. The van der Waals surface area contributed by atoms with E-state index in [2.05, 4.69) is 20.4 Å². The summed E-state index contributed by atoms with van der Waals surface area (Å²) in [5.41, 5.74) is 0.869. The SMILES string of the molecule is CCC(=O)N[C@@H]1C[C@@H](c2nc(C)nn2-c2cccnc2)CC[C@H]1O. The van der Waals surface area contributed by atoms with Gasteiger partial charge in [-0.15, -0.1) is 0 Å². The fourth-order valence-corrected chi connectivity index (χ4v) is 3.22. The Kier molecular flexibility index (Phi) is 4.89. The van der Waals surface area contributed by atoms with E-state index in [-0.39, 0.29) is 17.9 Å². The maximum Gasteiger partial charge on any atom is 0.220 e. The molecule has 0 bridgehead atoms. The Bertz CT molecular complexity index is 700. The fraction of sp³-hybridized carbons (Fsp3) is 0.529. The monoisotopic (exact) mass is 329 g/mol. The van der Waals surface area contributed by atoms with Crippen LogP contribution in [-0.4, -0.2) is 42.9 Å². The first-order valence-corrected chi connectivity index (χ1v) is 8.40. The number of hydrogen-bond acceptors (Lipinski definition) is 5. The number of hydrogen-bond donors (Lipinski definition) is 2. The molecule has 128 valence electrons. The van der Waals surface area contributed by atoms with Gasteiger partial charge in [0, 0.05) is 18.5 Å². The molecule has 2 heterocycles. The number of aromatic nitrogens is 4. The highest BCUT2D eigenvalue weighted by Crippen LogP contribution is 2.33. The van der Waals surface area contributed by atoms with Crippen molar-refractivity contribution in [2.45, 2.75) is 57.6 Å². The number of carbonyl (C=O) groups excluding carboxylic acids is 1. The Balaban J connectivity index is 1.85. The van der Waals surface area contributed by atoms with Gasteiger partial charge in [0.2, 0.25) is 5.91 Å². The van der Waals surface area contributed by atoms with Gasteiger partial charge in [-0.3, -0.25) is 9.78 Å². The van der Waals surface area contributed by atoms with Crippen molar-refractivity contribution >= 4 is 5.91 Å². The third-order valence-electron chi connectivity index (χ3n) is 4.48. The van der Waals surface area contributed by atoms with Crippen LogP contribution in [0.3, 0.4) is 0 Å². The lowest BCUT2D eigenvalue weighted by Crippen LogP contribution is -2.46. The molecule has 3 rings (SSSR count). The first kappa shape index (κ1) is 16.6. The second-order valence-electron chi connectivity index (χ2n) is 6.25. The summed E-state index contributed by atoms with van der Waals surface area (Å²) in [6.45, 7) is 3.68. The van der Waals surface area contributed by atoms with E-state index in [4.69, 9.17) is 0 Å². The number of carbonyl (C=O) groups is 1. The summed E-state index contributed by atoms with van der Waals surface area (Å²) in [5, 5.41) is 17.6. The van der Waals surface area contributed by atoms with E-state index in [1.54, 1.807) is 12.4 Å². The minimum absolute atomic E-state index is 0.0374. The van der Waals surface area contributed by atoms with Crippen molar-refractivity contribution in [3.05, 3.63) is 36.2 Å². The molecule has 2 aromatic heterocycles. The largest absolute Gasteiger partial charge is 0.391 e. The number of aliphatic hydroxyl groups excluding tert-OH is 1. The van der Waals surface area contributed by atoms with Crippen LogP contribution in [0.5, 0.6) is 0 Å². The average Bonchev–Trinajstić information content (AvgIpc) is 2.99. The van der Waals surface area contributed by atoms with Gasteiger partial charge in [-0.1, -0.05) is 6.92 Å². The zero-order chi connectivity index (χ0) is 17.1. The topological polar surface area (TPSA) is 92.9 Å². The van der Waals surface area contributed by atoms with Gasteiger partial charge in [-0.2, -0.15) is 5.10 Å². The molecule has 7 heteroatoms. The van der Waals surface area contributed by atoms with Crippen LogP contribution in [0.2, 0.25) is 0 Å². The lowest BCUT2D eigenvalue weighted by molar-refractivity contribution is -0.122.